The first-order chi connectivity index (χ1) is 10.7. The highest BCUT2D eigenvalue weighted by Crippen LogP contribution is 2.50. The van der Waals surface area contributed by atoms with Crippen molar-refractivity contribution < 1.29 is 4.79 Å². The number of hydrogen-bond donors (Lipinski definition) is 1. The average molecular weight is 301 g/mol. The first-order valence-corrected chi connectivity index (χ1v) is 9.00. The summed E-state index contributed by atoms with van der Waals surface area (Å²) in [6.45, 7) is 3.85. The van der Waals surface area contributed by atoms with E-state index in [0.717, 1.165) is 55.6 Å². The third-order valence-corrected chi connectivity index (χ3v) is 5.78. The van der Waals surface area contributed by atoms with E-state index in [2.05, 4.69) is 21.2 Å². The number of nitrogens with one attached hydrogen (secondary N) is 1. The van der Waals surface area contributed by atoms with Crippen molar-refractivity contribution in [3.8, 4) is 0 Å². The molecule has 2 aliphatic carbocycles. The lowest BCUT2D eigenvalue weighted by atomic mass is 9.91. The third kappa shape index (κ3) is 3.06. The number of nitrogens with zero attached hydrogens (tertiary/aromatic N) is 2. The zero-order valence-electron chi connectivity index (χ0n) is 13.6. The summed E-state index contributed by atoms with van der Waals surface area (Å²) in [4.78, 5) is 14.9. The lowest BCUT2D eigenvalue weighted by molar-refractivity contribution is -0.133. The smallest absolute Gasteiger partial charge is 0.222 e. The maximum atomic E-state index is 12.8. The number of carbonyl (C=O) groups is 1. The average Bonchev–Trinajstić information content (AvgIpc) is 3.44. The molecule has 0 radical (unpaired) electrons. The highest BCUT2D eigenvalue weighted by atomic mass is 16.2. The van der Waals surface area contributed by atoms with Crippen LogP contribution >= 0.6 is 0 Å². The number of hydrogen-bond acceptors (Lipinski definition) is 2. The van der Waals surface area contributed by atoms with Crippen LogP contribution in [0.15, 0.2) is 6.07 Å². The van der Waals surface area contributed by atoms with Crippen LogP contribution in [0.1, 0.15) is 62.3 Å². The van der Waals surface area contributed by atoms with Crippen LogP contribution in [0.3, 0.4) is 0 Å². The predicted molar refractivity (Wildman–Crippen MR) is 85.4 cm³/mol. The molecular formula is C18H27N3O. The van der Waals surface area contributed by atoms with Gasteiger partial charge < -0.3 is 4.90 Å². The summed E-state index contributed by atoms with van der Waals surface area (Å²) in [5, 5.41) is 7.44. The molecule has 4 nitrogen and oxygen atoms in total. The van der Waals surface area contributed by atoms with Crippen molar-refractivity contribution in [2.75, 3.05) is 13.1 Å². The van der Waals surface area contributed by atoms with Crippen LogP contribution in [-0.2, 0) is 4.79 Å². The van der Waals surface area contributed by atoms with Gasteiger partial charge in [0.15, 0.2) is 0 Å². The maximum Gasteiger partial charge on any atom is 0.222 e. The van der Waals surface area contributed by atoms with E-state index < -0.39 is 0 Å². The number of carbonyl (C=O) groups excluding carboxylic acids is 1. The van der Waals surface area contributed by atoms with E-state index in [-0.39, 0.29) is 0 Å². The van der Waals surface area contributed by atoms with Crippen LogP contribution in [0.2, 0.25) is 0 Å². The van der Waals surface area contributed by atoms with Crippen molar-refractivity contribution in [1.29, 1.82) is 0 Å². The number of aryl methyl sites for hydroxylation is 1. The molecule has 1 amide bonds. The summed E-state index contributed by atoms with van der Waals surface area (Å²) in [6, 6.07) is 2.13. The van der Waals surface area contributed by atoms with Gasteiger partial charge in [0.2, 0.25) is 5.91 Å². The first kappa shape index (κ1) is 14.3. The Balaban J connectivity index is 1.37. The van der Waals surface area contributed by atoms with Gasteiger partial charge in [-0.05, 0) is 69.3 Å². The summed E-state index contributed by atoms with van der Waals surface area (Å²) in [5.41, 5.74) is 2.25. The number of H-pyrrole nitrogens is 1. The molecule has 0 unspecified atom stereocenters. The van der Waals surface area contributed by atoms with E-state index in [4.69, 9.17) is 0 Å². The normalized spacial score (nSPS) is 25.7. The number of amides is 1. The van der Waals surface area contributed by atoms with Crippen LogP contribution in [0.5, 0.6) is 0 Å². The van der Waals surface area contributed by atoms with Gasteiger partial charge >= 0.3 is 0 Å². The minimum Gasteiger partial charge on any atom is -0.342 e. The highest BCUT2D eigenvalue weighted by Gasteiger charge is 2.43. The molecule has 3 aliphatic rings. The van der Waals surface area contributed by atoms with Gasteiger partial charge in [-0.1, -0.05) is 0 Å². The molecule has 4 heteroatoms. The van der Waals surface area contributed by atoms with E-state index in [9.17, 15) is 4.79 Å². The Morgan fingerprint density at radius 2 is 2.05 bits per heavy atom. The number of piperidine rings is 1. The highest BCUT2D eigenvalue weighted by molar-refractivity contribution is 5.76. The second kappa shape index (κ2) is 5.71. The molecule has 1 atom stereocenters. The molecule has 22 heavy (non-hydrogen) atoms. The largest absolute Gasteiger partial charge is 0.342 e. The molecule has 4 rings (SSSR count). The predicted octanol–water partition coefficient (Wildman–Crippen LogP) is 3.25. The second-order valence-electron chi connectivity index (χ2n) is 7.70. The van der Waals surface area contributed by atoms with Gasteiger partial charge in [0.25, 0.3) is 0 Å². The maximum absolute atomic E-state index is 12.8. The molecule has 1 aromatic heterocycles. The standard InChI is InChI=1S/C18H27N3O/c1-12-9-17(20-19-12)15-3-2-8-21(11-15)18(22)10-16(13-4-5-13)14-6-7-14/h9,13-16H,2-8,10-11H2,1H3,(H,19,20)/t15-/m1/s1. The van der Waals surface area contributed by atoms with Gasteiger partial charge in [0.1, 0.15) is 0 Å². The van der Waals surface area contributed by atoms with Gasteiger partial charge in [-0.3, -0.25) is 9.89 Å². The summed E-state index contributed by atoms with van der Waals surface area (Å²) < 4.78 is 0. The Hall–Kier alpha value is -1.32. The fraction of sp³-hybridized carbons (Fsp3) is 0.778. The molecule has 1 aromatic rings. The van der Waals surface area contributed by atoms with Gasteiger partial charge in [0, 0.05) is 31.1 Å². The summed E-state index contributed by atoms with van der Waals surface area (Å²) in [5.74, 6) is 3.25. The molecule has 0 bridgehead atoms. The minimum absolute atomic E-state index is 0.403. The molecule has 0 spiro atoms. The summed E-state index contributed by atoms with van der Waals surface area (Å²) in [7, 11) is 0. The Morgan fingerprint density at radius 3 is 2.64 bits per heavy atom. The number of aromatic nitrogens is 2. The zero-order chi connectivity index (χ0) is 15.1. The fourth-order valence-electron chi connectivity index (χ4n) is 4.19. The molecule has 120 valence electrons. The first-order valence-electron chi connectivity index (χ1n) is 9.00. The summed E-state index contributed by atoms with van der Waals surface area (Å²) in [6.07, 6.45) is 8.53. The third-order valence-electron chi connectivity index (χ3n) is 5.78. The quantitative estimate of drug-likeness (QED) is 0.907. The van der Waals surface area contributed by atoms with Crippen LogP contribution in [0.25, 0.3) is 0 Å². The van der Waals surface area contributed by atoms with Crippen molar-refractivity contribution >= 4 is 5.91 Å². The minimum atomic E-state index is 0.403. The van der Waals surface area contributed by atoms with Gasteiger partial charge in [-0.25, -0.2) is 0 Å². The molecular weight excluding hydrogens is 274 g/mol. The summed E-state index contributed by atoms with van der Waals surface area (Å²) >= 11 is 0. The zero-order valence-corrected chi connectivity index (χ0v) is 13.6. The Kier molecular flexibility index (Phi) is 3.71. The van der Waals surface area contributed by atoms with Crippen LogP contribution < -0.4 is 0 Å². The molecule has 1 saturated heterocycles. The van der Waals surface area contributed by atoms with Crippen molar-refractivity contribution in [2.24, 2.45) is 17.8 Å². The SMILES string of the molecule is Cc1cc([C@@H]2CCCN(C(=O)CC(C3CC3)C3CC3)C2)n[nH]1. The lowest BCUT2D eigenvalue weighted by Gasteiger charge is -2.33. The van der Waals surface area contributed by atoms with Crippen LogP contribution in [0.4, 0.5) is 0 Å². The van der Waals surface area contributed by atoms with E-state index in [1.165, 1.54) is 25.7 Å². The second-order valence-corrected chi connectivity index (χ2v) is 7.70. The Labute approximate surface area is 132 Å². The van der Waals surface area contributed by atoms with Crippen molar-refractivity contribution in [2.45, 2.75) is 57.8 Å². The van der Waals surface area contributed by atoms with Gasteiger partial charge in [0.05, 0.1) is 5.69 Å². The molecule has 1 aliphatic heterocycles. The van der Waals surface area contributed by atoms with Gasteiger partial charge in [-0.2, -0.15) is 5.10 Å². The lowest BCUT2D eigenvalue weighted by Crippen LogP contribution is -2.40. The van der Waals surface area contributed by atoms with E-state index in [1.54, 1.807) is 0 Å². The van der Waals surface area contributed by atoms with Crippen molar-refractivity contribution in [3.05, 3.63) is 17.5 Å². The van der Waals surface area contributed by atoms with E-state index >= 15 is 0 Å². The number of rotatable bonds is 5. The monoisotopic (exact) mass is 301 g/mol. The van der Waals surface area contributed by atoms with Crippen molar-refractivity contribution in [3.63, 3.8) is 0 Å². The van der Waals surface area contributed by atoms with Crippen LogP contribution in [0, 0.1) is 24.7 Å². The molecule has 2 saturated carbocycles. The Morgan fingerprint density at radius 1 is 1.32 bits per heavy atom. The number of likely N-dealkylation sites (tertiary alicyclic amines) is 1. The topological polar surface area (TPSA) is 49.0 Å². The van der Waals surface area contributed by atoms with Crippen LogP contribution in [-0.4, -0.2) is 34.1 Å². The fourth-order valence-corrected chi connectivity index (χ4v) is 4.19. The van der Waals surface area contributed by atoms with Gasteiger partial charge in [-0.15, -0.1) is 0 Å². The molecule has 0 aromatic carbocycles. The number of aromatic amines is 1. The van der Waals surface area contributed by atoms with E-state index in [0.29, 0.717) is 17.7 Å². The Bertz CT molecular complexity index is 532. The van der Waals surface area contributed by atoms with Crippen molar-refractivity contribution in [1.82, 2.24) is 15.1 Å². The van der Waals surface area contributed by atoms with E-state index in [1.807, 2.05) is 6.92 Å². The molecule has 1 N–H and O–H groups in total. The molecule has 2 heterocycles. The molecule has 3 fully saturated rings.